The minimum Gasteiger partial charge on any atom is -0.462 e. The third-order valence-electron chi connectivity index (χ3n) is 11.1. The number of hydrogen-bond acceptors (Lipinski definition) is 10. The zero-order chi connectivity index (χ0) is 43.0. The second kappa shape index (κ2) is 40.1. The quantitative estimate of drug-likeness (QED) is 0.0203. The molecule has 10 heteroatoms. The van der Waals surface area contributed by atoms with Crippen molar-refractivity contribution in [3.63, 3.8) is 0 Å². The Labute approximate surface area is 359 Å². The fourth-order valence-corrected chi connectivity index (χ4v) is 7.22. The van der Waals surface area contributed by atoms with Crippen LogP contribution in [0, 0.1) is 0 Å². The van der Waals surface area contributed by atoms with Crippen molar-refractivity contribution in [1.82, 2.24) is 0 Å². The lowest BCUT2D eigenvalue weighted by Gasteiger charge is -2.39. The highest BCUT2D eigenvalue weighted by Crippen LogP contribution is 2.23. The lowest BCUT2D eigenvalue weighted by Crippen LogP contribution is -2.59. The molecule has 10 nitrogen and oxygen atoms in total. The smallest absolute Gasteiger partial charge is 0.306 e. The molecule has 1 fully saturated rings. The number of allylic oxidation sites excluding steroid dienone is 3. The minimum atomic E-state index is -1.60. The molecule has 1 rings (SSSR count). The predicted octanol–water partition coefficient (Wildman–Crippen LogP) is 10.7. The molecule has 1 aliphatic heterocycles. The number of carbonyl (C=O) groups is 2. The van der Waals surface area contributed by atoms with E-state index in [0.717, 1.165) is 64.2 Å². The van der Waals surface area contributed by atoms with Gasteiger partial charge in [-0.3, -0.25) is 9.59 Å². The summed E-state index contributed by atoms with van der Waals surface area (Å²) >= 11 is 0. The van der Waals surface area contributed by atoms with E-state index in [1.165, 1.54) is 116 Å². The van der Waals surface area contributed by atoms with Gasteiger partial charge in [-0.15, -0.1) is 5.73 Å². The standard InChI is InChI=1S/C49H88O10/c1-3-5-7-9-11-13-15-17-19-20-21-22-24-25-27-29-31-33-35-37-44(51)56-40-42(41-57-49-48(55)47(54)46(53)43(39-50)59-49)58-45(52)38-36-34-32-30-28-26-23-18-16-14-12-10-8-6-4-2/h16-17,19,23,42-43,46-50,53-55H,3-15,20-22,24-41H2,1-2H3/b19-17+/t18?,42-,43-,46+,47?,48?,49-/m0/s1. The van der Waals surface area contributed by atoms with Crippen LogP contribution in [0.15, 0.2) is 30.0 Å². The van der Waals surface area contributed by atoms with Gasteiger partial charge in [0.2, 0.25) is 0 Å². The average molecular weight is 837 g/mol. The maximum atomic E-state index is 12.8. The van der Waals surface area contributed by atoms with Crippen LogP contribution in [-0.4, -0.2) is 89.0 Å². The summed E-state index contributed by atoms with van der Waals surface area (Å²) < 4.78 is 22.2. The molecule has 4 N–H and O–H groups in total. The molecule has 0 bridgehead atoms. The first-order valence-corrected chi connectivity index (χ1v) is 24.2. The number of carbonyl (C=O) groups excluding carboxylic acids is 2. The second-order valence-corrected chi connectivity index (χ2v) is 16.7. The third-order valence-corrected chi connectivity index (χ3v) is 11.1. The van der Waals surface area contributed by atoms with Crippen LogP contribution >= 0.6 is 0 Å². The molecule has 0 radical (unpaired) electrons. The average Bonchev–Trinajstić information content (AvgIpc) is 3.23. The third kappa shape index (κ3) is 31.5. The number of rotatable bonds is 40. The Morgan fingerprint density at radius 2 is 1.00 bits per heavy atom. The van der Waals surface area contributed by atoms with Gasteiger partial charge in [-0.1, -0.05) is 148 Å². The van der Waals surface area contributed by atoms with E-state index in [1.807, 2.05) is 0 Å². The first-order chi connectivity index (χ1) is 28.8. The van der Waals surface area contributed by atoms with E-state index in [-0.39, 0.29) is 32.0 Å². The van der Waals surface area contributed by atoms with Gasteiger partial charge in [0.1, 0.15) is 31.0 Å². The van der Waals surface area contributed by atoms with Gasteiger partial charge in [0, 0.05) is 12.8 Å². The number of esters is 2. The van der Waals surface area contributed by atoms with Crippen molar-refractivity contribution in [1.29, 1.82) is 0 Å². The minimum absolute atomic E-state index is 0.210. The molecule has 2 unspecified atom stereocenters. The van der Waals surface area contributed by atoms with Gasteiger partial charge in [-0.25, -0.2) is 0 Å². The predicted molar refractivity (Wildman–Crippen MR) is 237 cm³/mol. The summed E-state index contributed by atoms with van der Waals surface area (Å²) in [4.78, 5) is 25.4. The van der Waals surface area contributed by atoms with Crippen LogP contribution in [0.2, 0.25) is 0 Å². The molecular weight excluding hydrogens is 749 g/mol. The van der Waals surface area contributed by atoms with Crippen LogP contribution in [0.3, 0.4) is 0 Å². The van der Waals surface area contributed by atoms with Gasteiger partial charge in [0.25, 0.3) is 0 Å². The van der Waals surface area contributed by atoms with Gasteiger partial charge in [-0.05, 0) is 76.4 Å². The van der Waals surface area contributed by atoms with Crippen LogP contribution in [-0.2, 0) is 28.5 Å². The molecule has 0 aromatic heterocycles. The molecule has 1 saturated heterocycles. The lowest BCUT2D eigenvalue weighted by atomic mass is 9.99. The van der Waals surface area contributed by atoms with Crippen molar-refractivity contribution < 1.29 is 49.0 Å². The second-order valence-electron chi connectivity index (χ2n) is 16.7. The van der Waals surface area contributed by atoms with Gasteiger partial charge >= 0.3 is 11.9 Å². The molecular formula is C49H88O10. The van der Waals surface area contributed by atoms with E-state index in [4.69, 9.17) is 18.9 Å². The summed E-state index contributed by atoms with van der Waals surface area (Å²) in [6.45, 7) is 3.40. The maximum absolute atomic E-state index is 12.8. The monoisotopic (exact) mass is 837 g/mol. The van der Waals surface area contributed by atoms with Crippen molar-refractivity contribution in [2.24, 2.45) is 0 Å². The Balaban J connectivity index is 2.30. The van der Waals surface area contributed by atoms with Gasteiger partial charge in [0.15, 0.2) is 12.4 Å². The van der Waals surface area contributed by atoms with Crippen LogP contribution in [0.25, 0.3) is 0 Å². The largest absolute Gasteiger partial charge is 0.462 e. The molecule has 59 heavy (non-hydrogen) atoms. The molecule has 0 aromatic carbocycles. The lowest BCUT2D eigenvalue weighted by molar-refractivity contribution is -0.305. The molecule has 6 atom stereocenters. The molecule has 0 saturated carbocycles. The van der Waals surface area contributed by atoms with Crippen molar-refractivity contribution in [3.8, 4) is 0 Å². The normalized spacial score (nSPS) is 19.7. The molecule has 0 aliphatic carbocycles. The number of aliphatic hydroxyl groups excluding tert-OH is 4. The summed E-state index contributed by atoms with van der Waals surface area (Å²) in [5.41, 5.74) is 3.30. The Morgan fingerprint density at radius 3 is 1.49 bits per heavy atom. The fourth-order valence-electron chi connectivity index (χ4n) is 7.22. The summed E-state index contributed by atoms with van der Waals surface area (Å²) in [6, 6.07) is 0. The van der Waals surface area contributed by atoms with Crippen LogP contribution in [0.5, 0.6) is 0 Å². The summed E-state index contributed by atoms with van der Waals surface area (Å²) in [6.07, 6.45) is 35.3. The summed E-state index contributed by atoms with van der Waals surface area (Å²) in [7, 11) is 0. The topological polar surface area (TPSA) is 152 Å². The highest BCUT2D eigenvalue weighted by Gasteiger charge is 2.44. The van der Waals surface area contributed by atoms with Gasteiger partial charge in [0.05, 0.1) is 13.2 Å². The Morgan fingerprint density at radius 1 is 0.559 bits per heavy atom. The van der Waals surface area contributed by atoms with E-state index < -0.39 is 49.4 Å². The SMILES string of the molecule is CCCCCCCC=C=CCCCCCCCC(=O)O[C@@H](COC(=O)CCCCCCCCCCC/C=C/CCCCCCCC)CO[C@H]1O[C@@H](CO)[C@@H](O)C(O)C1O. The number of unbranched alkanes of at least 4 members (excludes halogenated alkanes) is 25. The molecule has 1 heterocycles. The molecule has 344 valence electrons. The Kier molecular flexibility index (Phi) is 37.3. The van der Waals surface area contributed by atoms with E-state index in [1.54, 1.807) is 0 Å². The summed E-state index contributed by atoms with van der Waals surface area (Å²) in [5.74, 6) is -0.825. The molecule has 1 aliphatic rings. The van der Waals surface area contributed by atoms with Crippen molar-refractivity contribution in [3.05, 3.63) is 30.0 Å². The van der Waals surface area contributed by atoms with Crippen molar-refractivity contribution in [2.45, 2.75) is 250 Å². The Hall–Kier alpha value is -2.04. The molecule has 0 spiro atoms. The van der Waals surface area contributed by atoms with Gasteiger partial charge < -0.3 is 39.4 Å². The first kappa shape index (κ1) is 55.0. The highest BCUT2D eigenvalue weighted by atomic mass is 16.7. The first-order valence-electron chi connectivity index (χ1n) is 24.2. The van der Waals surface area contributed by atoms with Crippen LogP contribution in [0.1, 0.15) is 213 Å². The van der Waals surface area contributed by atoms with Crippen molar-refractivity contribution in [2.75, 3.05) is 19.8 Å². The molecule has 0 amide bonds. The van der Waals surface area contributed by atoms with E-state index in [9.17, 15) is 30.0 Å². The fraction of sp³-hybridized carbons (Fsp3) is 0.857. The van der Waals surface area contributed by atoms with Crippen LogP contribution < -0.4 is 0 Å². The summed E-state index contributed by atoms with van der Waals surface area (Å²) in [5, 5.41) is 40.1. The number of ether oxygens (including phenoxy) is 4. The van der Waals surface area contributed by atoms with E-state index >= 15 is 0 Å². The van der Waals surface area contributed by atoms with E-state index in [0.29, 0.717) is 6.42 Å². The zero-order valence-corrected chi connectivity index (χ0v) is 37.6. The van der Waals surface area contributed by atoms with Crippen molar-refractivity contribution >= 4 is 11.9 Å². The van der Waals surface area contributed by atoms with E-state index in [2.05, 4.69) is 43.9 Å². The Bertz CT molecular complexity index is 1070. The molecule has 0 aromatic rings. The number of aliphatic hydroxyl groups is 4. The van der Waals surface area contributed by atoms with Crippen LogP contribution in [0.4, 0.5) is 0 Å². The van der Waals surface area contributed by atoms with Gasteiger partial charge in [-0.2, -0.15) is 0 Å². The maximum Gasteiger partial charge on any atom is 0.306 e. The zero-order valence-electron chi connectivity index (χ0n) is 37.6. The number of hydrogen-bond donors (Lipinski definition) is 4. The highest BCUT2D eigenvalue weighted by molar-refractivity contribution is 5.70.